The van der Waals surface area contributed by atoms with Crippen LogP contribution in [0.4, 0.5) is 23.2 Å². The fourth-order valence-electron chi connectivity index (χ4n) is 1.97. The zero-order valence-electron chi connectivity index (χ0n) is 12.5. The fraction of sp³-hybridized carbons (Fsp3) is 0.462. The molecule has 0 aliphatic carbocycles. The first-order chi connectivity index (χ1) is 11.0. The van der Waals surface area contributed by atoms with Gasteiger partial charge < -0.3 is 5.32 Å². The van der Waals surface area contributed by atoms with Crippen LogP contribution in [0.25, 0.3) is 10.4 Å². The van der Waals surface area contributed by atoms with Crippen molar-refractivity contribution in [3.05, 3.63) is 39.3 Å². The quantitative estimate of drug-likeness (QED) is 0.148. The van der Waals surface area contributed by atoms with Crippen LogP contribution < -0.4 is 5.32 Å². The third-order valence-corrected chi connectivity index (χ3v) is 3.18. The molecular formula is C13H15BF4N4O. The van der Waals surface area contributed by atoms with E-state index in [1.807, 2.05) is 7.85 Å². The molecule has 23 heavy (non-hydrogen) atoms. The highest BCUT2D eigenvalue weighted by atomic mass is 19.2. The van der Waals surface area contributed by atoms with Gasteiger partial charge in [0.15, 0.2) is 23.3 Å². The average Bonchev–Trinajstić information content (AvgIpc) is 2.53. The van der Waals surface area contributed by atoms with Crippen LogP contribution in [-0.4, -0.2) is 20.3 Å². The van der Waals surface area contributed by atoms with E-state index in [4.69, 9.17) is 5.53 Å². The number of hydrogen-bond donors (Lipinski definition) is 1. The predicted octanol–water partition coefficient (Wildman–Crippen LogP) is 3.53. The molecule has 0 aliphatic rings. The summed E-state index contributed by atoms with van der Waals surface area (Å²) in [4.78, 5) is 13.8. The number of nitrogens with zero attached hydrogens (tertiary/aromatic N) is 3. The van der Waals surface area contributed by atoms with Gasteiger partial charge in [0.25, 0.3) is 5.91 Å². The van der Waals surface area contributed by atoms with Gasteiger partial charge in [0.2, 0.25) is 0 Å². The second-order valence-corrected chi connectivity index (χ2v) is 4.84. The minimum atomic E-state index is -1.91. The van der Waals surface area contributed by atoms with Crippen LogP contribution in [0.2, 0.25) is 6.32 Å². The van der Waals surface area contributed by atoms with Gasteiger partial charge in [-0.25, -0.2) is 17.6 Å². The zero-order valence-corrected chi connectivity index (χ0v) is 12.5. The lowest BCUT2D eigenvalue weighted by Gasteiger charge is -2.10. The van der Waals surface area contributed by atoms with Gasteiger partial charge in [0.05, 0.1) is 0 Å². The van der Waals surface area contributed by atoms with Gasteiger partial charge in [-0.3, -0.25) is 4.79 Å². The van der Waals surface area contributed by atoms with Crippen LogP contribution in [-0.2, 0) is 0 Å². The number of rotatable bonds is 8. The number of azide groups is 1. The number of amides is 1. The summed E-state index contributed by atoms with van der Waals surface area (Å²) in [6, 6.07) is 0. The monoisotopic (exact) mass is 330 g/mol. The van der Waals surface area contributed by atoms with E-state index in [-0.39, 0.29) is 6.54 Å². The summed E-state index contributed by atoms with van der Waals surface area (Å²) in [5.41, 5.74) is 5.32. The molecule has 0 unspecified atom stereocenters. The van der Waals surface area contributed by atoms with Crippen molar-refractivity contribution >= 4 is 19.4 Å². The van der Waals surface area contributed by atoms with Crippen LogP contribution in [0, 0.1) is 23.3 Å². The van der Waals surface area contributed by atoms with Gasteiger partial charge in [-0.1, -0.05) is 30.7 Å². The number of benzene rings is 1. The molecule has 124 valence electrons. The van der Waals surface area contributed by atoms with E-state index in [1.54, 1.807) is 0 Å². The first-order valence-corrected chi connectivity index (χ1v) is 7.14. The molecule has 0 aromatic heterocycles. The second kappa shape index (κ2) is 9.04. The van der Waals surface area contributed by atoms with Crippen molar-refractivity contribution in [2.75, 3.05) is 6.54 Å². The molecule has 10 heteroatoms. The molecule has 0 saturated carbocycles. The largest absolute Gasteiger partial charge is 0.352 e. The van der Waals surface area contributed by atoms with E-state index < -0.39 is 40.4 Å². The topological polar surface area (TPSA) is 77.9 Å². The van der Waals surface area contributed by atoms with Crippen LogP contribution in [0.1, 0.15) is 36.0 Å². The van der Waals surface area contributed by atoms with Crippen LogP contribution in [0.3, 0.4) is 0 Å². The number of halogens is 4. The number of nitrogens with one attached hydrogen (secondary N) is 1. The Morgan fingerprint density at radius 3 is 2.13 bits per heavy atom. The highest BCUT2D eigenvalue weighted by molar-refractivity contribution is 6.08. The van der Waals surface area contributed by atoms with E-state index in [1.165, 1.54) is 0 Å². The standard InChI is InChI=1S/C13H15BF4N4O/c14-5-3-1-2-4-6-20-13(23)7-8(15)10(17)12(21-22-19)11(18)9(7)16/h1-6,14H2,(H,20,23). The minimum absolute atomic E-state index is 0.128. The Bertz CT molecular complexity index is 606. The van der Waals surface area contributed by atoms with E-state index in [2.05, 4.69) is 15.3 Å². The molecule has 1 aromatic rings. The summed E-state index contributed by atoms with van der Waals surface area (Å²) in [5.74, 6) is -8.87. The average molecular weight is 330 g/mol. The summed E-state index contributed by atoms with van der Waals surface area (Å²) in [6.45, 7) is 0.128. The van der Waals surface area contributed by atoms with Crippen molar-refractivity contribution in [3.63, 3.8) is 0 Å². The lowest BCUT2D eigenvalue weighted by atomic mass is 9.99. The highest BCUT2D eigenvalue weighted by Gasteiger charge is 2.28. The summed E-state index contributed by atoms with van der Waals surface area (Å²) in [7, 11) is 2.04. The SMILES string of the molecule is BCCCCCCNC(=O)c1c(F)c(F)c(N=[N+]=[N-])c(F)c1F. The van der Waals surface area contributed by atoms with Crippen molar-refractivity contribution in [1.82, 2.24) is 5.32 Å². The number of unbranched alkanes of at least 4 members (excludes halogenated alkanes) is 3. The maximum atomic E-state index is 13.7. The first kappa shape index (κ1) is 18.8. The molecule has 0 radical (unpaired) electrons. The molecular weight excluding hydrogens is 315 g/mol. The van der Waals surface area contributed by atoms with Crippen LogP contribution >= 0.6 is 0 Å². The van der Waals surface area contributed by atoms with Gasteiger partial charge in [-0.2, -0.15) is 0 Å². The Morgan fingerprint density at radius 1 is 1.04 bits per heavy atom. The molecule has 0 aliphatic heterocycles. The molecule has 1 aromatic carbocycles. The molecule has 5 nitrogen and oxygen atoms in total. The lowest BCUT2D eigenvalue weighted by Crippen LogP contribution is -2.27. The highest BCUT2D eigenvalue weighted by Crippen LogP contribution is 2.30. The van der Waals surface area contributed by atoms with Crippen molar-refractivity contribution in [2.24, 2.45) is 5.11 Å². The van der Waals surface area contributed by atoms with E-state index in [9.17, 15) is 22.4 Å². The van der Waals surface area contributed by atoms with Crippen molar-refractivity contribution in [2.45, 2.75) is 32.0 Å². The summed E-state index contributed by atoms with van der Waals surface area (Å²) in [6.07, 6.45) is 4.43. The zero-order chi connectivity index (χ0) is 17.4. The molecule has 1 N–H and O–H groups in total. The van der Waals surface area contributed by atoms with Gasteiger partial charge in [0, 0.05) is 11.5 Å². The number of carbonyl (C=O) groups is 1. The second-order valence-electron chi connectivity index (χ2n) is 4.84. The van der Waals surface area contributed by atoms with E-state index in [0.717, 1.165) is 25.6 Å². The van der Waals surface area contributed by atoms with Crippen molar-refractivity contribution in [1.29, 1.82) is 0 Å². The van der Waals surface area contributed by atoms with Crippen LogP contribution in [0.15, 0.2) is 5.11 Å². The molecule has 0 fully saturated rings. The fourth-order valence-corrected chi connectivity index (χ4v) is 1.97. The van der Waals surface area contributed by atoms with Gasteiger partial charge in [-0.05, 0) is 12.0 Å². The Kier molecular flexibility index (Phi) is 7.41. The third-order valence-electron chi connectivity index (χ3n) is 3.18. The molecule has 0 saturated heterocycles. The van der Waals surface area contributed by atoms with E-state index >= 15 is 0 Å². The smallest absolute Gasteiger partial charge is 0.257 e. The lowest BCUT2D eigenvalue weighted by molar-refractivity contribution is 0.0942. The predicted molar refractivity (Wildman–Crippen MR) is 79.2 cm³/mol. The minimum Gasteiger partial charge on any atom is -0.352 e. The maximum absolute atomic E-state index is 13.7. The normalized spacial score (nSPS) is 10.3. The van der Waals surface area contributed by atoms with E-state index in [0.29, 0.717) is 6.42 Å². The van der Waals surface area contributed by atoms with Crippen molar-refractivity contribution < 1.29 is 22.4 Å². The Balaban J connectivity index is 2.87. The third kappa shape index (κ3) is 4.62. The summed E-state index contributed by atoms with van der Waals surface area (Å²) < 4.78 is 54.6. The van der Waals surface area contributed by atoms with Gasteiger partial charge in [-0.15, -0.1) is 0 Å². The summed E-state index contributed by atoms with van der Waals surface area (Å²) >= 11 is 0. The molecule has 1 rings (SSSR count). The Hall–Kier alpha value is -2.22. The molecule has 0 spiro atoms. The molecule has 0 atom stereocenters. The van der Waals surface area contributed by atoms with Crippen LogP contribution in [0.5, 0.6) is 0 Å². The van der Waals surface area contributed by atoms with Gasteiger partial charge >= 0.3 is 0 Å². The molecule has 1 amide bonds. The Labute approximate surface area is 131 Å². The molecule has 0 bridgehead atoms. The number of hydrogen-bond acceptors (Lipinski definition) is 2. The van der Waals surface area contributed by atoms with Gasteiger partial charge in [0.1, 0.15) is 19.1 Å². The summed E-state index contributed by atoms with van der Waals surface area (Å²) in [5, 5.41) is 4.76. The first-order valence-electron chi connectivity index (χ1n) is 7.14. The molecule has 0 heterocycles. The number of carbonyl (C=O) groups excluding carboxylic acids is 1. The Morgan fingerprint density at radius 2 is 1.61 bits per heavy atom. The maximum Gasteiger partial charge on any atom is 0.257 e. The van der Waals surface area contributed by atoms with Crippen molar-refractivity contribution in [3.8, 4) is 0 Å².